The largest absolute Gasteiger partial charge is 0.416 e. The van der Waals surface area contributed by atoms with Crippen molar-refractivity contribution < 1.29 is 18.0 Å². The number of rotatable bonds is 5. The molecule has 28 heavy (non-hydrogen) atoms. The molecule has 0 bridgehead atoms. The Bertz CT molecular complexity index is 811. The summed E-state index contributed by atoms with van der Waals surface area (Å²) < 4.78 is 38.5. The van der Waals surface area contributed by atoms with Gasteiger partial charge in [-0.25, -0.2) is 0 Å². The average molecular weight is 413 g/mol. The first-order chi connectivity index (χ1) is 13.3. The van der Waals surface area contributed by atoms with Gasteiger partial charge in [0.2, 0.25) is 5.91 Å². The first kappa shape index (κ1) is 20.4. The van der Waals surface area contributed by atoms with E-state index in [4.69, 9.17) is 11.6 Å². The second kappa shape index (κ2) is 8.34. The Balaban J connectivity index is 1.82. The zero-order valence-corrected chi connectivity index (χ0v) is 16.0. The van der Waals surface area contributed by atoms with Gasteiger partial charge in [-0.05, 0) is 49.1 Å². The Morgan fingerprint density at radius 3 is 2.54 bits per heavy atom. The molecule has 5 nitrogen and oxygen atoms in total. The Morgan fingerprint density at radius 2 is 1.96 bits per heavy atom. The molecular formula is C19H20ClF3N4O. The number of carbonyl (C=O) groups is 1. The highest BCUT2D eigenvalue weighted by Crippen LogP contribution is 2.34. The first-order valence-corrected chi connectivity index (χ1v) is 9.32. The molecule has 0 radical (unpaired) electrons. The van der Waals surface area contributed by atoms with E-state index in [1.54, 1.807) is 12.1 Å². The zero-order chi connectivity index (χ0) is 20.3. The van der Waals surface area contributed by atoms with Gasteiger partial charge in [0.15, 0.2) is 11.0 Å². The number of likely N-dealkylation sites (N-methyl/N-ethyl adjacent to an activating group) is 1. The molecule has 1 aromatic carbocycles. The minimum Gasteiger partial charge on any atom is -0.359 e. The molecule has 2 unspecified atom stereocenters. The van der Waals surface area contributed by atoms with Gasteiger partial charge in [0.25, 0.3) is 0 Å². The van der Waals surface area contributed by atoms with Crippen LogP contribution in [0.5, 0.6) is 0 Å². The van der Waals surface area contributed by atoms with Crippen molar-refractivity contribution in [2.45, 2.75) is 37.4 Å². The summed E-state index contributed by atoms with van der Waals surface area (Å²) in [5.74, 6) is -0.109. The van der Waals surface area contributed by atoms with Crippen LogP contribution in [0, 0.1) is 0 Å². The summed E-state index contributed by atoms with van der Waals surface area (Å²) in [6, 6.07) is 8.26. The van der Waals surface area contributed by atoms with Crippen LogP contribution in [0.4, 0.5) is 19.0 Å². The molecule has 0 spiro atoms. The molecule has 1 amide bonds. The second-order valence-electron chi connectivity index (χ2n) is 6.73. The molecular weight excluding hydrogens is 393 g/mol. The van der Waals surface area contributed by atoms with Crippen molar-refractivity contribution in [2.24, 2.45) is 0 Å². The van der Waals surface area contributed by atoms with E-state index in [0.29, 0.717) is 23.0 Å². The summed E-state index contributed by atoms with van der Waals surface area (Å²) in [6.45, 7) is 0.772. The number of benzene rings is 1. The van der Waals surface area contributed by atoms with Gasteiger partial charge in [0, 0.05) is 19.6 Å². The van der Waals surface area contributed by atoms with Crippen LogP contribution in [0.25, 0.3) is 0 Å². The van der Waals surface area contributed by atoms with E-state index in [0.717, 1.165) is 31.5 Å². The number of anilines is 1. The van der Waals surface area contributed by atoms with Crippen molar-refractivity contribution in [3.63, 3.8) is 0 Å². The highest BCUT2D eigenvalue weighted by atomic mass is 35.5. The molecule has 0 aliphatic carbocycles. The van der Waals surface area contributed by atoms with E-state index in [-0.39, 0.29) is 11.9 Å². The van der Waals surface area contributed by atoms with Crippen LogP contribution < -0.4 is 10.2 Å². The molecule has 0 saturated carbocycles. The third-order valence-corrected chi connectivity index (χ3v) is 5.20. The maximum absolute atomic E-state index is 12.8. The summed E-state index contributed by atoms with van der Waals surface area (Å²) >= 11 is 5.80. The monoisotopic (exact) mass is 412 g/mol. The minimum atomic E-state index is -4.41. The lowest BCUT2D eigenvalue weighted by Gasteiger charge is -2.28. The third-order valence-electron chi connectivity index (χ3n) is 5.00. The standard InChI is InChI=1S/C19H20ClF3N4O/c1-24-18(28)15(12-4-6-13(7-5-12)19(21,22)23)11-14-3-2-10-27(14)17-9-8-16(20)25-26-17/h4-9,14-15H,2-3,10-11H2,1H3,(H,24,28). The molecule has 2 heterocycles. The van der Waals surface area contributed by atoms with Crippen molar-refractivity contribution >= 4 is 23.3 Å². The van der Waals surface area contributed by atoms with E-state index >= 15 is 0 Å². The molecule has 150 valence electrons. The number of amides is 1. The fourth-order valence-corrected chi connectivity index (χ4v) is 3.69. The fraction of sp³-hybridized carbons (Fsp3) is 0.421. The highest BCUT2D eigenvalue weighted by molar-refractivity contribution is 6.29. The quantitative estimate of drug-likeness (QED) is 0.805. The highest BCUT2D eigenvalue weighted by Gasteiger charge is 2.33. The summed E-state index contributed by atoms with van der Waals surface area (Å²) in [6.07, 6.45) is -2.15. The van der Waals surface area contributed by atoms with Crippen LogP contribution in [-0.4, -0.2) is 35.7 Å². The summed E-state index contributed by atoms with van der Waals surface area (Å²) in [4.78, 5) is 14.5. The van der Waals surface area contributed by atoms with Crippen molar-refractivity contribution in [3.05, 3.63) is 52.7 Å². The molecule has 1 saturated heterocycles. The van der Waals surface area contributed by atoms with Crippen LogP contribution in [-0.2, 0) is 11.0 Å². The second-order valence-corrected chi connectivity index (χ2v) is 7.11. The molecule has 1 fully saturated rings. The number of hydrogen-bond donors (Lipinski definition) is 1. The van der Waals surface area contributed by atoms with Gasteiger partial charge in [-0.15, -0.1) is 10.2 Å². The van der Waals surface area contributed by atoms with Crippen LogP contribution >= 0.6 is 11.6 Å². The number of halogens is 4. The minimum absolute atomic E-state index is 0.0278. The lowest BCUT2D eigenvalue weighted by molar-refractivity contribution is -0.137. The Kier molecular flexibility index (Phi) is 6.07. The Hall–Kier alpha value is -2.35. The van der Waals surface area contributed by atoms with E-state index < -0.39 is 17.7 Å². The van der Waals surface area contributed by atoms with Gasteiger partial charge in [0.05, 0.1) is 11.5 Å². The molecule has 3 rings (SSSR count). The lowest BCUT2D eigenvalue weighted by Crippen LogP contribution is -2.35. The molecule has 9 heteroatoms. The summed E-state index contributed by atoms with van der Waals surface area (Å²) in [5.41, 5.74) is -0.174. The maximum atomic E-state index is 12.8. The van der Waals surface area contributed by atoms with Crippen LogP contribution in [0.1, 0.15) is 36.3 Å². The van der Waals surface area contributed by atoms with Gasteiger partial charge in [-0.1, -0.05) is 23.7 Å². The summed E-state index contributed by atoms with van der Waals surface area (Å²) in [7, 11) is 1.52. The van der Waals surface area contributed by atoms with Gasteiger partial charge in [0.1, 0.15) is 0 Å². The normalized spacial score (nSPS) is 18.2. The predicted octanol–water partition coefficient (Wildman–Crippen LogP) is 4.04. The lowest BCUT2D eigenvalue weighted by atomic mass is 9.89. The van der Waals surface area contributed by atoms with Crippen LogP contribution in [0.15, 0.2) is 36.4 Å². The molecule has 1 aliphatic heterocycles. The number of nitrogens with one attached hydrogen (secondary N) is 1. The van der Waals surface area contributed by atoms with Gasteiger partial charge >= 0.3 is 6.18 Å². The van der Waals surface area contributed by atoms with E-state index in [9.17, 15) is 18.0 Å². The third kappa shape index (κ3) is 4.55. The smallest absolute Gasteiger partial charge is 0.359 e. The van der Waals surface area contributed by atoms with E-state index in [1.165, 1.54) is 19.2 Å². The zero-order valence-electron chi connectivity index (χ0n) is 15.2. The van der Waals surface area contributed by atoms with Gasteiger partial charge < -0.3 is 10.2 Å². The number of carbonyl (C=O) groups excluding carboxylic acids is 1. The molecule has 2 atom stereocenters. The van der Waals surface area contributed by atoms with Crippen molar-refractivity contribution in [1.29, 1.82) is 0 Å². The summed E-state index contributed by atoms with van der Waals surface area (Å²) in [5, 5.41) is 10.9. The number of aromatic nitrogens is 2. The fourth-order valence-electron chi connectivity index (χ4n) is 3.59. The topological polar surface area (TPSA) is 58.1 Å². The average Bonchev–Trinajstić information content (AvgIpc) is 3.14. The number of alkyl halides is 3. The van der Waals surface area contributed by atoms with Gasteiger partial charge in [-0.3, -0.25) is 4.79 Å². The van der Waals surface area contributed by atoms with Crippen molar-refractivity contribution in [3.8, 4) is 0 Å². The Labute approximate surface area is 165 Å². The first-order valence-electron chi connectivity index (χ1n) is 8.94. The number of hydrogen-bond acceptors (Lipinski definition) is 4. The van der Waals surface area contributed by atoms with Crippen LogP contribution in [0.3, 0.4) is 0 Å². The number of nitrogens with zero attached hydrogens (tertiary/aromatic N) is 3. The van der Waals surface area contributed by atoms with E-state index in [1.807, 2.05) is 0 Å². The molecule has 1 N–H and O–H groups in total. The Morgan fingerprint density at radius 1 is 1.25 bits per heavy atom. The molecule has 1 aromatic heterocycles. The molecule has 2 aromatic rings. The van der Waals surface area contributed by atoms with Crippen LogP contribution in [0.2, 0.25) is 5.15 Å². The van der Waals surface area contributed by atoms with Crippen molar-refractivity contribution in [1.82, 2.24) is 15.5 Å². The van der Waals surface area contributed by atoms with Gasteiger partial charge in [-0.2, -0.15) is 13.2 Å². The van der Waals surface area contributed by atoms with E-state index in [2.05, 4.69) is 20.4 Å². The van der Waals surface area contributed by atoms with Crippen molar-refractivity contribution in [2.75, 3.05) is 18.5 Å². The molecule has 1 aliphatic rings. The predicted molar refractivity (Wildman–Crippen MR) is 100 cm³/mol. The SMILES string of the molecule is CNC(=O)C(CC1CCCN1c1ccc(Cl)nn1)c1ccc(C(F)(F)F)cc1. The maximum Gasteiger partial charge on any atom is 0.416 e.